The van der Waals surface area contributed by atoms with Gasteiger partial charge < -0.3 is 19.4 Å². The van der Waals surface area contributed by atoms with E-state index in [9.17, 15) is 15.0 Å². The Morgan fingerprint density at radius 1 is 1.24 bits per heavy atom. The Morgan fingerprint density at radius 2 is 2.00 bits per heavy atom. The number of hydrogen-bond acceptors (Lipinski definition) is 6. The summed E-state index contributed by atoms with van der Waals surface area (Å²) in [6.07, 6.45) is 0. The second kappa shape index (κ2) is 4.42. The largest absolute Gasteiger partial charge is 0.508 e. The zero-order valence-electron chi connectivity index (χ0n) is 10.9. The van der Waals surface area contributed by atoms with Crippen molar-refractivity contribution in [3.63, 3.8) is 0 Å². The fourth-order valence-corrected chi connectivity index (χ4v) is 2.23. The van der Waals surface area contributed by atoms with Gasteiger partial charge in [-0.2, -0.15) is 5.26 Å². The molecule has 0 spiro atoms. The van der Waals surface area contributed by atoms with E-state index in [2.05, 4.69) is 0 Å². The summed E-state index contributed by atoms with van der Waals surface area (Å²) in [5, 5.41) is 28.7. The molecule has 0 saturated heterocycles. The molecule has 0 aliphatic rings. The molecule has 0 saturated carbocycles. The van der Waals surface area contributed by atoms with E-state index in [1.54, 1.807) is 6.07 Å². The molecule has 0 aliphatic heterocycles. The molecule has 0 unspecified atom stereocenters. The van der Waals surface area contributed by atoms with Gasteiger partial charge in [0.2, 0.25) is 5.43 Å². The molecule has 21 heavy (non-hydrogen) atoms. The van der Waals surface area contributed by atoms with E-state index in [1.807, 2.05) is 0 Å². The minimum absolute atomic E-state index is 0.0948. The minimum atomic E-state index is -0.529. The van der Waals surface area contributed by atoms with Crippen molar-refractivity contribution in [3.8, 4) is 23.3 Å². The highest BCUT2D eigenvalue weighted by Gasteiger charge is 2.19. The fourth-order valence-electron chi connectivity index (χ4n) is 2.23. The maximum Gasteiger partial charge on any atom is 0.204 e. The smallest absolute Gasteiger partial charge is 0.204 e. The molecular weight excluding hydrogens is 274 g/mol. The van der Waals surface area contributed by atoms with Gasteiger partial charge in [-0.05, 0) is 18.2 Å². The van der Waals surface area contributed by atoms with Crippen LogP contribution in [0.1, 0.15) is 5.56 Å². The number of nitrogens with zero attached hydrogens (tertiary/aromatic N) is 1. The molecule has 0 atom stereocenters. The van der Waals surface area contributed by atoms with Crippen LogP contribution in [-0.2, 0) is 0 Å². The van der Waals surface area contributed by atoms with E-state index in [0.717, 1.165) is 0 Å². The Balaban J connectivity index is 2.59. The molecule has 104 valence electrons. The van der Waals surface area contributed by atoms with Crippen molar-refractivity contribution < 1.29 is 19.4 Å². The Kier molecular flexibility index (Phi) is 2.70. The van der Waals surface area contributed by atoms with E-state index < -0.39 is 11.2 Å². The van der Waals surface area contributed by atoms with Gasteiger partial charge in [-0.15, -0.1) is 0 Å². The number of nitriles is 1. The van der Waals surface area contributed by atoms with Gasteiger partial charge in [-0.1, -0.05) is 0 Å². The number of phenolic OH excluding ortho intramolecular Hbond substituents is 2. The molecule has 3 aromatic rings. The van der Waals surface area contributed by atoms with E-state index in [4.69, 9.17) is 14.4 Å². The molecule has 0 aliphatic carbocycles. The lowest BCUT2D eigenvalue weighted by atomic mass is 10.1. The van der Waals surface area contributed by atoms with E-state index in [-0.39, 0.29) is 39.0 Å². The predicted octanol–water partition coefficient (Wildman–Crippen LogP) is 2.24. The molecule has 0 bridgehead atoms. The molecule has 3 rings (SSSR count). The van der Waals surface area contributed by atoms with Gasteiger partial charge in [0.25, 0.3) is 0 Å². The molecule has 6 heteroatoms. The minimum Gasteiger partial charge on any atom is -0.508 e. The lowest BCUT2D eigenvalue weighted by Gasteiger charge is -2.08. The molecule has 0 fully saturated rings. The first kappa shape index (κ1) is 12.8. The molecular formula is C15H9NO5. The van der Waals surface area contributed by atoms with Crippen molar-refractivity contribution in [2.24, 2.45) is 0 Å². The Morgan fingerprint density at radius 3 is 2.67 bits per heavy atom. The first-order valence-corrected chi connectivity index (χ1v) is 5.96. The van der Waals surface area contributed by atoms with Crippen molar-refractivity contribution in [2.75, 3.05) is 7.11 Å². The van der Waals surface area contributed by atoms with Crippen molar-refractivity contribution in [3.05, 3.63) is 40.1 Å². The summed E-state index contributed by atoms with van der Waals surface area (Å²) < 4.78 is 10.6. The summed E-state index contributed by atoms with van der Waals surface area (Å²) in [6, 6.07) is 7.25. The maximum atomic E-state index is 12.4. The van der Waals surface area contributed by atoms with Crippen LogP contribution in [0.2, 0.25) is 0 Å². The lowest BCUT2D eigenvalue weighted by molar-refractivity contribution is 0.406. The number of benzene rings is 2. The summed E-state index contributed by atoms with van der Waals surface area (Å²) in [6.45, 7) is 0. The zero-order valence-corrected chi connectivity index (χ0v) is 10.9. The van der Waals surface area contributed by atoms with Crippen LogP contribution in [0.5, 0.6) is 17.2 Å². The third-order valence-corrected chi connectivity index (χ3v) is 3.22. The van der Waals surface area contributed by atoms with E-state index in [1.165, 1.54) is 31.4 Å². The molecule has 0 radical (unpaired) electrons. The van der Waals surface area contributed by atoms with Gasteiger partial charge in [0, 0.05) is 6.07 Å². The highest BCUT2D eigenvalue weighted by molar-refractivity contribution is 5.95. The fraction of sp³-hybridized carbons (Fsp3) is 0.0667. The topological polar surface area (TPSA) is 104 Å². The number of fused-ring (bicyclic) bond motifs is 2. The van der Waals surface area contributed by atoms with Gasteiger partial charge in [-0.3, -0.25) is 4.79 Å². The number of rotatable bonds is 1. The summed E-state index contributed by atoms with van der Waals surface area (Å²) >= 11 is 0. The highest BCUT2D eigenvalue weighted by atomic mass is 16.5. The van der Waals surface area contributed by atoms with Gasteiger partial charge in [0.1, 0.15) is 39.7 Å². The van der Waals surface area contributed by atoms with Crippen molar-refractivity contribution in [2.45, 2.75) is 0 Å². The third kappa shape index (κ3) is 1.75. The van der Waals surface area contributed by atoms with Crippen LogP contribution in [0.4, 0.5) is 0 Å². The van der Waals surface area contributed by atoms with Crippen LogP contribution in [0.25, 0.3) is 21.9 Å². The molecule has 6 nitrogen and oxygen atoms in total. The Bertz CT molecular complexity index is 981. The molecule has 1 aromatic heterocycles. The third-order valence-electron chi connectivity index (χ3n) is 3.22. The van der Waals surface area contributed by atoms with Gasteiger partial charge in [0.05, 0.1) is 12.5 Å². The quantitative estimate of drug-likeness (QED) is 0.664. The SMILES string of the molecule is COc1cc2oc3ccc(O)cc3c(=O)c2c(O)c1C#N. The zero-order chi connectivity index (χ0) is 15.1. The van der Waals surface area contributed by atoms with Crippen LogP contribution in [0, 0.1) is 11.3 Å². The second-order valence-corrected chi connectivity index (χ2v) is 4.40. The van der Waals surface area contributed by atoms with Crippen LogP contribution in [0.15, 0.2) is 33.5 Å². The number of aromatic hydroxyl groups is 2. The summed E-state index contributed by atoms with van der Waals surface area (Å²) in [7, 11) is 1.35. The van der Waals surface area contributed by atoms with E-state index in [0.29, 0.717) is 0 Å². The standard InChI is InChI=1S/C15H9NO5/c1-20-11-5-12-13(15(19)9(11)6-16)14(18)8-4-7(17)2-3-10(8)21-12/h2-5,17,19H,1H3. The summed E-state index contributed by atoms with van der Waals surface area (Å²) in [5.41, 5.74) is -0.307. The van der Waals surface area contributed by atoms with Crippen LogP contribution in [0.3, 0.4) is 0 Å². The normalized spacial score (nSPS) is 10.7. The van der Waals surface area contributed by atoms with Crippen LogP contribution >= 0.6 is 0 Å². The summed E-state index contributed by atoms with van der Waals surface area (Å²) in [4.78, 5) is 12.4. The average Bonchev–Trinajstić information content (AvgIpc) is 2.47. The number of methoxy groups -OCH3 is 1. The molecule has 1 heterocycles. The van der Waals surface area contributed by atoms with Gasteiger partial charge in [-0.25, -0.2) is 0 Å². The van der Waals surface area contributed by atoms with Crippen molar-refractivity contribution >= 4 is 21.9 Å². The summed E-state index contributed by atoms with van der Waals surface area (Å²) in [5.74, 6) is -0.475. The number of ether oxygens (including phenoxy) is 1. The van der Waals surface area contributed by atoms with Crippen LogP contribution < -0.4 is 10.2 Å². The van der Waals surface area contributed by atoms with Crippen molar-refractivity contribution in [1.29, 1.82) is 5.26 Å². The highest BCUT2D eigenvalue weighted by Crippen LogP contribution is 2.35. The van der Waals surface area contributed by atoms with E-state index >= 15 is 0 Å². The molecule has 2 aromatic carbocycles. The first-order valence-electron chi connectivity index (χ1n) is 5.96. The monoisotopic (exact) mass is 283 g/mol. The number of phenols is 2. The maximum absolute atomic E-state index is 12.4. The molecule has 0 amide bonds. The Labute approximate surface area is 118 Å². The second-order valence-electron chi connectivity index (χ2n) is 4.40. The molecule has 2 N–H and O–H groups in total. The van der Waals surface area contributed by atoms with Gasteiger partial charge in [0.15, 0.2) is 5.75 Å². The number of hydrogen-bond donors (Lipinski definition) is 2. The van der Waals surface area contributed by atoms with Gasteiger partial charge >= 0.3 is 0 Å². The predicted molar refractivity (Wildman–Crippen MR) is 74.6 cm³/mol. The van der Waals surface area contributed by atoms with Crippen LogP contribution in [-0.4, -0.2) is 17.3 Å². The van der Waals surface area contributed by atoms with Crippen molar-refractivity contribution in [1.82, 2.24) is 0 Å². The lowest BCUT2D eigenvalue weighted by Crippen LogP contribution is -2.04. The first-order chi connectivity index (χ1) is 10.1. The average molecular weight is 283 g/mol. The Hall–Kier alpha value is -3.20.